The Morgan fingerprint density at radius 1 is 0.911 bits per heavy atom. The van der Waals surface area contributed by atoms with Crippen LogP contribution in [0, 0.1) is 11.8 Å². The highest BCUT2D eigenvalue weighted by atomic mass is 32.2. The molecule has 1 aliphatic heterocycles. The summed E-state index contributed by atoms with van der Waals surface area (Å²) in [4.78, 5) is 40.7. The Morgan fingerprint density at radius 2 is 1.62 bits per heavy atom. The van der Waals surface area contributed by atoms with Crippen molar-refractivity contribution in [2.75, 3.05) is 25.6 Å². The molecular formula is C36H33N3O5S. The number of nitrogens with one attached hydrogen (secondary N) is 1. The van der Waals surface area contributed by atoms with Gasteiger partial charge in [-0.1, -0.05) is 54.3 Å². The van der Waals surface area contributed by atoms with Gasteiger partial charge in [-0.25, -0.2) is 0 Å². The molecule has 0 unspecified atom stereocenters. The van der Waals surface area contributed by atoms with Crippen LogP contribution in [0.15, 0.2) is 97.1 Å². The number of amides is 3. The molecule has 3 amide bonds. The van der Waals surface area contributed by atoms with Crippen molar-refractivity contribution in [2.24, 2.45) is 5.73 Å². The predicted molar refractivity (Wildman–Crippen MR) is 176 cm³/mol. The van der Waals surface area contributed by atoms with E-state index < -0.39 is 47.6 Å². The fraction of sp³-hybridized carbons (Fsp3) is 0.194. The van der Waals surface area contributed by atoms with Crippen molar-refractivity contribution in [1.29, 1.82) is 0 Å². The van der Waals surface area contributed by atoms with Gasteiger partial charge in [-0.05, 0) is 72.1 Å². The first-order chi connectivity index (χ1) is 23.3. The average molecular weight is 624 g/mol. The minimum atomic E-state index is -2.87. The van der Waals surface area contributed by atoms with Crippen molar-refractivity contribution in [1.82, 2.24) is 5.32 Å². The Labute approximate surface area is 272 Å². The van der Waals surface area contributed by atoms with E-state index in [-0.39, 0.29) is 16.9 Å². The van der Waals surface area contributed by atoms with Gasteiger partial charge in [0.2, 0.25) is 17.7 Å². The van der Waals surface area contributed by atoms with E-state index in [4.69, 9.17) is 20.7 Å². The number of primary amides is 1. The van der Waals surface area contributed by atoms with Crippen LogP contribution < -0.4 is 25.4 Å². The van der Waals surface area contributed by atoms with Gasteiger partial charge < -0.3 is 20.5 Å². The molecule has 4 aromatic rings. The van der Waals surface area contributed by atoms with E-state index in [1.807, 2.05) is 54.6 Å². The van der Waals surface area contributed by atoms with Crippen molar-refractivity contribution in [3.8, 4) is 23.3 Å². The number of nitrogens with zero attached hydrogens (tertiary/aromatic N) is 1. The van der Waals surface area contributed by atoms with E-state index in [1.165, 1.54) is 61.2 Å². The summed E-state index contributed by atoms with van der Waals surface area (Å²) in [6.45, 7) is -2.87. The summed E-state index contributed by atoms with van der Waals surface area (Å²) in [5.74, 6) is 4.79. The standard InChI is InChI=1S/C36H33N3O5S/c1-43-30-18-15-26(21-31(30)44-2)19-20-38-33(40)23-32-35(42)39(29-10-6-9-28(22-29)34(37)41)36(45-32)27-16-13-25(14-17-27)12-11-24-7-4-3-5-8-24/h3-10,13-18,21-22,32,36H,19-20,23H2,1-2H3,(H2,37,41)(H,38,40)/t32-,36+/m1/s1/i19D2,20D2. The first-order valence-corrected chi connectivity index (χ1v) is 14.9. The molecule has 1 aliphatic rings. The number of carbonyl (C=O) groups excluding carboxylic acids is 3. The minimum absolute atomic E-state index is 0.0840. The van der Waals surface area contributed by atoms with E-state index in [9.17, 15) is 14.4 Å². The molecule has 0 radical (unpaired) electrons. The Balaban J connectivity index is 1.39. The van der Waals surface area contributed by atoms with Gasteiger partial charge in [-0.15, -0.1) is 11.8 Å². The molecule has 0 aromatic heterocycles. The Morgan fingerprint density at radius 3 is 2.31 bits per heavy atom. The number of carbonyl (C=O) groups is 3. The Hall–Kier alpha value is -5.20. The van der Waals surface area contributed by atoms with E-state index in [1.54, 1.807) is 12.1 Å². The van der Waals surface area contributed by atoms with E-state index in [2.05, 4.69) is 17.2 Å². The van der Waals surface area contributed by atoms with Gasteiger partial charge in [-0.3, -0.25) is 19.3 Å². The SMILES string of the molecule is [2H]C([2H])(NC(=O)C[C@H]1S[C@@H](c2ccc(C#Cc3ccccc3)cc2)N(c2cccc(C(N)=O)c2)C1=O)C([2H])([2H])c1ccc(OC)c(OC)c1. The number of ether oxygens (including phenoxy) is 2. The molecule has 3 N–H and O–H groups in total. The maximum atomic E-state index is 13.9. The number of hydrogen-bond donors (Lipinski definition) is 2. The zero-order valence-corrected chi connectivity index (χ0v) is 25.4. The molecule has 9 heteroatoms. The van der Waals surface area contributed by atoms with Crippen LogP contribution in [0.2, 0.25) is 0 Å². The number of aryl methyl sites for hydroxylation is 1. The van der Waals surface area contributed by atoms with Crippen LogP contribution in [0.4, 0.5) is 5.69 Å². The third kappa shape index (κ3) is 7.66. The molecule has 5 rings (SSSR count). The lowest BCUT2D eigenvalue weighted by atomic mass is 10.1. The normalized spacial score (nSPS) is 17.6. The number of hydrogen-bond acceptors (Lipinski definition) is 6. The molecule has 228 valence electrons. The molecule has 1 heterocycles. The van der Waals surface area contributed by atoms with Crippen LogP contribution in [0.3, 0.4) is 0 Å². The van der Waals surface area contributed by atoms with Gasteiger partial charge in [0, 0.05) is 40.8 Å². The van der Waals surface area contributed by atoms with Crippen LogP contribution in [0.5, 0.6) is 11.5 Å². The number of rotatable bonds is 10. The predicted octanol–water partition coefficient (Wildman–Crippen LogP) is 5.10. The maximum Gasteiger partial charge on any atom is 0.248 e. The lowest BCUT2D eigenvalue weighted by molar-refractivity contribution is -0.124. The lowest BCUT2D eigenvalue weighted by Gasteiger charge is -2.24. The molecule has 0 spiro atoms. The quantitative estimate of drug-likeness (QED) is 0.238. The van der Waals surface area contributed by atoms with Crippen molar-refractivity contribution in [3.05, 3.63) is 125 Å². The smallest absolute Gasteiger partial charge is 0.248 e. The number of nitrogens with two attached hydrogens (primary N) is 1. The summed E-state index contributed by atoms with van der Waals surface area (Å²) in [6, 6.07) is 27.3. The van der Waals surface area contributed by atoms with Crippen molar-refractivity contribution >= 4 is 35.2 Å². The average Bonchev–Trinajstić information content (AvgIpc) is 3.42. The zero-order chi connectivity index (χ0) is 35.3. The fourth-order valence-corrected chi connectivity index (χ4v) is 6.13. The molecule has 8 nitrogen and oxygen atoms in total. The van der Waals surface area contributed by atoms with E-state index in [0.29, 0.717) is 11.4 Å². The molecule has 1 fully saturated rings. The van der Waals surface area contributed by atoms with Crippen LogP contribution in [-0.2, 0) is 16.0 Å². The summed E-state index contributed by atoms with van der Waals surface area (Å²) in [5.41, 5.74) is 8.39. The Kier molecular flexibility index (Phi) is 8.46. The third-order valence-corrected chi connectivity index (χ3v) is 8.37. The topological polar surface area (TPSA) is 111 Å². The van der Waals surface area contributed by atoms with Gasteiger partial charge in [0.05, 0.1) is 19.5 Å². The van der Waals surface area contributed by atoms with Gasteiger partial charge in [0.25, 0.3) is 0 Å². The van der Waals surface area contributed by atoms with Gasteiger partial charge in [0.15, 0.2) is 11.5 Å². The summed E-state index contributed by atoms with van der Waals surface area (Å²) in [6.07, 6.45) is -3.13. The number of benzene rings is 4. The molecule has 2 atom stereocenters. The highest BCUT2D eigenvalue weighted by molar-refractivity contribution is 8.01. The molecule has 4 aromatic carbocycles. The van der Waals surface area contributed by atoms with Crippen molar-refractivity contribution in [2.45, 2.75) is 23.4 Å². The van der Waals surface area contributed by atoms with Crippen LogP contribution in [-0.4, -0.2) is 43.7 Å². The number of methoxy groups -OCH3 is 2. The van der Waals surface area contributed by atoms with Gasteiger partial charge in [-0.2, -0.15) is 0 Å². The second kappa shape index (κ2) is 14.5. The summed E-state index contributed by atoms with van der Waals surface area (Å²) < 4.78 is 44.6. The third-order valence-electron chi connectivity index (χ3n) is 6.93. The van der Waals surface area contributed by atoms with Gasteiger partial charge in [0.1, 0.15) is 5.37 Å². The molecular weight excluding hydrogens is 586 g/mol. The Bertz CT molecular complexity index is 1930. The van der Waals surface area contributed by atoms with Gasteiger partial charge >= 0.3 is 0 Å². The monoisotopic (exact) mass is 623 g/mol. The van der Waals surface area contributed by atoms with Crippen LogP contribution in [0.1, 0.15) is 49.9 Å². The second-order valence-corrected chi connectivity index (χ2v) is 11.2. The molecule has 45 heavy (non-hydrogen) atoms. The summed E-state index contributed by atoms with van der Waals surface area (Å²) in [5, 5.41) is 0.596. The first kappa shape index (κ1) is 26.2. The highest BCUT2D eigenvalue weighted by Gasteiger charge is 2.42. The lowest BCUT2D eigenvalue weighted by Crippen LogP contribution is -2.34. The number of anilines is 1. The second-order valence-electron chi connectivity index (χ2n) is 9.91. The van der Waals surface area contributed by atoms with Crippen LogP contribution in [0.25, 0.3) is 0 Å². The first-order valence-electron chi connectivity index (χ1n) is 15.9. The largest absolute Gasteiger partial charge is 0.493 e. The molecule has 1 saturated heterocycles. The van der Waals surface area contributed by atoms with Crippen LogP contribution >= 0.6 is 11.8 Å². The van der Waals surface area contributed by atoms with Crippen molar-refractivity contribution < 1.29 is 29.3 Å². The van der Waals surface area contributed by atoms with E-state index in [0.717, 1.165) is 16.7 Å². The highest BCUT2D eigenvalue weighted by Crippen LogP contribution is 2.46. The minimum Gasteiger partial charge on any atom is -0.493 e. The fourth-order valence-electron chi connectivity index (χ4n) is 4.68. The maximum absolute atomic E-state index is 13.9. The molecule has 0 aliphatic carbocycles. The summed E-state index contributed by atoms with van der Waals surface area (Å²) in [7, 11) is 2.80. The summed E-state index contributed by atoms with van der Waals surface area (Å²) >= 11 is 1.19. The van der Waals surface area contributed by atoms with E-state index >= 15 is 0 Å². The number of thioether (sulfide) groups is 1. The molecule has 0 bridgehead atoms. The van der Waals surface area contributed by atoms with Crippen molar-refractivity contribution in [3.63, 3.8) is 0 Å². The molecule has 0 saturated carbocycles. The zero-order valence-electron chi connectivity index (χ0n) is 28.6.